The normalized spacial score (nSPS) is 11.5. The third kappa shape index (κ3) is 6.26. The molecule has 0 atom stereocenters. The molecule has 0 bridgehead atoms. The van der Waals surface area contributed by atoms with Gasteiger partial charge in [-0.1, -0.05) is 170 Å². The Labute approximate surface area is 362 Å². The maximum Gasteiger partial charge on any atom is 0.166 e. The van der Waals surface area contributed by atoms with Gasteiger partial charge in [0.05, 0.1) is 16.7 Å². The number of thiophene rings is 1. The van der Waals surface area contributed by atoms with Crippen molar-refractivity contribution in [2.45, 2.75) is 0 Å². The third-order valence-corrected chi connectivity index (χ3v) is 13.0. The summed E-state index contributed by atoms with van der Waals surface area (Å²) in [5, 5.41) is 4.97. The SMILES string of the molecule is c1ccc(-c2cccc(-c3ccc(-c4nc(-c5ccccc5)nc(-c5cccc(-c6ccc7c(c6)sc6ccccc67)c5)n4)c(-n4c5ccccc5c5ccccc54)c3)c2)cc1. The highest BCUT2D eigenvalue weighted by molar-refractivity contribution is 7.25. The summed E-state index contributed by atoms with van der Waals surface area (Å²) in [7, 11) is 0. The second-order valence-corrected chi connectivity index (χ2v) is 16.7. The fraction of sp³-hybridized carbons (Fsp3) is 0. The molecule has 3 heterocycles. The first kappa shape index (κ1) is 35.9. The van der Waals surface area contributed by atoms with Crippen LogP contribution in [0.15, 0.2) is 218 Å². The smallest absolute Gasteiger partial charge is 0.166 e. The van der Waals surface area contributed by atoms with Gasteiger partial charge in [-0.25, -0.2) is 15.0 Å². The molecule has 3 aromatic heterocycles. The fourth-order valence-electron chi connectivity index (χ4n) is 8.86. The van der Waals surface area contributed by atoms with Crippen LogP contribution in [-0.4, -0.2) is 19.5 Å². The molecular formula is C57H36N4S. The Morgan fingerprint density at radius 1 is 0.290 bits per heavy atom. The summed E-state index contributed by atoms with van der Waals surface area (Å²) in [6, 6.07) is 77.6. The molecule has 62 heavy (non-hydrogen) atoms. The average Bonchev–Trinajstić information content (AvgIpc) is 3.90. The summed E-state index contributed by atoms with van der Waals surface area (Å²) in [5.74, 6) is 1.84. The predicted octanol–water partition coefficient (Wildman–Crippen LogP) is 15.3. The van der Waals surface area contributed by atoms with Gasteiger partial charge >= 0.3 is 0 Å². The minimum atomic E-state index is 0.604. The summed E-state index contributed by atoms with van der Waals surface area (Å²) in [6.45, 7) is 0. The van der Waals surface area contributed by atoms with Gasteiger partial charge in [-0.15, -0.1) is 11.3 Å². The van der Waals surface area contributed by atoms with Crippen LogP contribution in [0.2, 0.25) is 0 Å². The number of fused-ring (bicyclic) bond motifs is 6. The summed E-state index contributed by atoms with van der Waals surface area (Å²) in [4.78, 5) is 15.8. The van der Waals surface area contributed by atoms with E-state index in [1.54, 1.807) is 0 Å². The van der Waals surface area contributed by atoms with E-state index >= 15 is 0 Å². The first-order valence-electron chi connectivity index (χ1n) is 20.8. The third-order valence-electron chi connectivity index (χ3n) is 11.9. The second kappa shape index (κ2) is 14.9. The molecule has 290 valence electrons. The first-order chi connectivity index (χ1) is 30.7. The zero-order chi connectivity index (χ0) is 41.0. The molecule has 0 aliphatic rings. The standard InChI is InChI=1S/C57H36N4S/c1-3-15-37(16-4-1)39-19-13-20-40(33-39)42-30-32-49(52(35-42)61-50-26-10-7-23-45(50)46-24-8-11-27-51(46)61)57-59-55(38-17-5-2-6-18-38)58-56(60-57)44-22-14-21-41(34-44)43-29-31-48-47-25-9-12-28-53(47)62-54(48)36-43/h1-36H. The van der Waals surface area contributed by atoms with Crippen LogP contribution in [0.25, 0.3) is 115 Å². The molecule has 5 heteroatoms. The zero-order valence-electron chi connectivity index (χ0n) is 33.5. The lowest BCUT2D eigenvalue weighted by molar-refractivity contribution is 1.06. The van der Waals surface area contributed by atoms with Crippen molar-refractivity contribution < 1.29 is 0 Å². The molecule has 0 saturated carbocycles. The van der Waals surface area contributed by atoms with Gasteiger partial charge < -0.3 is 4.57 Å². The first-order valence-corrected chi connectivity index (χ1v) is 21.7. The monoisotopic (exact) mass is 808 g/mol. The summed E-state index contributed by atoms with van der Waals surface area (Å²) < 4.78 is 4.95. The van der Waals surface area contributed by atoms with Gasteiger partial charge in [-0.2, -0.15) is 0 Å². The minimum Gasteiger partial charge on any atom is -0.308 e. The highest BCUT2D eigenvalue weighted by atomic mass is 32.1. The molecule has 0 spiro atoms. The van der Waals surface area contributed by atoms with Crippen LogP contribution >= 0.6 is 11.3 Å². The highest BCUT2D eigenvalue weighted by Crippen LogP contribution is 2.40. The lowest BCUT2D eigenvalue weighted by Crippen LogP contribution is -2.04. The molecule has 0 fully saturated rings. The number of rotatable bonds is 7. The number of nitrogens with zero attached hydrogens (tertiary/aromatic N) is 4. The van der Waals surface area contributed by atoms with Gasteiger partial charge in [0.2, 0.25) is 0 Å². The lowest BCUT2D eigenvalue weighted by atomic mass is 9.97. The Kier molecular flexibility index (Phi) is 8.65. The van der Waals surface area contributed by atoms with Gasteiger partial charge in [-0.3, -0.25) is 0 Å². The Hall–Kier alpha value is -7.99. The van der Waals surface area contributed by atoms with Gasteiger partial charge in [0.1, 0.15) is 0 Å². The summed E-state index contributed by atoms with van der Waals surface area (Å²) in [5.41, 5.74) is 12.8. The molecule has 0 unspecified atom stereocenters. The van der Waals surface area contributed by atoms with Gasteiger partial charge in [0.25, 0.3) is 0 Å². The van der Waals surface area contributed by atoms with E-state index in [-0.39, 0.29) is 0 Å². The van der Waals surface area contributed by atoms with Gasteiger partial charge in [0.15, 0.2) is 17.5 Å². The second-order valence-electron chi connectivity index (χ2n) is 15.6. The average molecular weight is 809 g/mol. The van der Waals surface area contributed by atoms with E-state index in [1.807, 2.05) is 29.5 Å². The van der Waals surface area contributed by atoms with E-state index in [0.717, 1.165) is 55.7 Å². The Morgan fingerprint density at radius 3 is 1.47 bits per heavy atom. The molecule has 0 N–H and O–H groups in total. The van der Waals surface area contributed by atoms with Crippen LogP contribution in [-0.2, 0) is 0 Å². The molecule has 0 saturated heterocycles. The van der Waals surface area contributed by atoms with Crippen molar-refractivity contribution in [2.24, 2.45) is 0 Å². The Morgan fingerprint density at radius 2 is 0.758 bits per heavy atom. The maximum absolute atomic E-state index is 5.37. The highest BCUT2D eigenvalue weighted by Gasteiger charge is 2.21. The van der Waals surface area contributed by atoms with E-state index in [4.69, 9.17) is 15.0 Å². The number of benzene rings is 9. The molecule has 4 nitrogen and oxygen atoms in total. The molecule has 0 amide bonds. The van der Waals surface area contributed by atoms with Crippen LogP contribution in [0.3, 0.4) is 0 Å². The van der Waals surface area contributed by atoms with Crippen LogP contribution in [0, 0.1) is 0 Å². The van der Waals surface area contributed by atoms with Gasteiger partial charge in [0, 0.05) is 47.6 Å². The van der Waals surface area contributed by atoms with Crippen molar-refractivity contribution in [1.82, 2.24) is 19.5 Å². The number of hydrogen-bond acceptors (Lipinski definition) is 4. The fourth-order valence-corrected chi connectivity index (χ4v) is 10.0. The molecular weight excluding hydrogens is 773 g/mol. The minimum absolute atomic E-state index is 0.604. The van der Waals surface area contributed by atoms with Crippen LogP contribution in [0.1, 0.15) is 0 Å². The number of para-hydroxylation sites is 2. The maximum atomic E-state index is 5.37. The molecule has 0 aliphatic carbocycles. The summed E-state index contributed by atoms with van der Waals surface area (Å²) in [6.07, 6.45) is 0. The predicted molar refractivity (Wildman–Crippen MR) is 260 cm³/mol. The van der Waals surface area contributed by atoms with Crippen molar-refractivity contribution in [3.05, 3.63) is 218 Å². The molecule has 0 radical (unpaired) electrons. The van der Waals surface area contributed by atoms with Crippen molar-refractivity contribution >= 4 is 53.3 Å². The van der Waals surface area contributed by atoms with Crippen LogP contribution in [0.4, 0.5) is 0 Å². The molecule has 12 aromatic rings. The van der Waals surface area contributed by atoms with Crippen LogP contribution < -0.4 is 0 Å². The van der Waals surface area contributed by atoms with E-state index in [2.05, 4.69) is 205 Å². The van der Waals surface area contributed by atoms with E-state index in [9.17, 15) is 0 Å². The van der Waals surface area contributed by atoms with Crippen molar-refractivity contribution in [2.75, 3.05) is 0 Å². The Balaban J connectivity index is 1.06. The summed E-state index contributed by atoms with van der Waals surface area (Å²) >= 11 is 1.84. The van der Waals surface area contributed by atoms with Crippen LogP contribution in [0.5, 0.6) is 0 Å². The molecule has 12 rings (SSSR count). The van der Waals surface area contributed by atoms with Crippen molar-refractivity contribution in [1.29, 1.82) is 0 Å². The van der Waals surface area contributed by atoms with Crippen molar-refractivity contribution in [3.8, 4) is 73.2 Å². The molecule has 0 aliphatic heterocycles. The van der Waals surface area contributed by atoms with Crippen molar-refractivity contribution in [3.63, 3.8) is 0 Å². The van der Waals surface area contributed by atoms with Gasteiger partial charge in [-0.05, 0) is 81.9 Å². The Bertz CT molecular complexity index is 3590. The number of hydrogen-bond donors (Lipinski definition) is 0. The largest absolute Gasteiger partial charge is 0.308 e. The zero-order valence-corrected chi connectivity index (χ0v) is 34.3. The van der Waals surface area contributed by atoms with E-state index in [0.29, 0.717) is 17.5 Å². The van der Waals surface area contributed by atoms with E-state index < -0.39 is 0 Å². The topological polar surface area (TPSA) is 43.6 Å². The number of aromatic nitrogens is 4. The quantitative estimate of drug-likeness (QED) is 0.161. The molecule has 9 aromatic carbocycles. The lowest BCUT2D eigenvalue weighted by Gasteiger charge is -2.17. The van der Waals surface area contributed by atoms with E-state index in [1.165, 1.54) is 42.1 Å².